The molecule has 2 atom stereocenters. The molecule has 1 amide bonds. The Morgan fingerprint density at radius 3 is 2.53 bits per heavy atom. The largest absolute Gasteiger partial charge is 0.380 e. The van der Waals surface area contributed by atoms with Crippen LogP contribution in [-0.2, 0) is 17.7 Å². The Labute approximate surface area is 230 Å². The molecule has 0 spiro atoms. The summed E-state index contributed by atoms with van der Waals surface area (Å²) in [6.07, 6.45) is 2.74. The molecule has 1 saturated heterocycles. The SMILES string of the molecule is CCOCCn1c(S[C@@H]2CCN(C(=O)c3cc(C)cc(C)c3)[C@H](Cc3ccccc3)C2)nc2ccccc21. The number of para-hydroxylation sites is 2. The number of carbonyl (C=O) groups is 1. The van der Waals surface area contributed by atoms with E-state index in [0.29, 0.717) is 18.5 Å². The number of aryl methyl sites for hydroxylation is 2. The molecule has 2 heterocycles. The summed E-state index contributed by atoms with van der Waals surface area (Å²) in [5.41, 5.74) is 6.50. The highest BCUT2D eigenvalue weighted by atomic mass is 32.2. The van der Waals surface area contributed by atoms with E-state index in [2.05, 4.69) is 71.8 Å². The van der Waals surface area contributed by atoms with Gasteiger partial charge in [-0.3, -0.25) is 4.79 Å². The lowest BCUT2D eigenvalue weighted by atomic mass is 9.94. The lowest BCUT2D eigenvalue weighted by Gasteiger charge is -2.39. The zero-order valence-corrected chi connectivity index (χ0v) is 23.4. The van der Waals surface area contributed by atoms with Gasteiger partial charge >= 0.3 is 0 Å². The number of thioether (sulfide) groups is 1. The van der Waals surface area contributed by atoms with Gasteiger partial charge in [0.2, 0.25) is 0 Å². The van der Waals surface area contributed by atoms with E-state index >= 15 is 0 Å². The Morgan fingerprint density at radius 2 is 1.76 bits per heavy atom. The van der Waals surface area contributed by atoms with Crippen LogP contribution in [0.4, 0.5) is 0 Å². The third-order valence-electron chi connectivity index (χ3n) is 7.27. The smallest absolute Gasteiger partial charge is 0.254 e. The summed E-state index contributed by atoms with van der Waals surface area (Å²) in [6.45, 7) is 9.07. The van der Waals surface area contributed by atoms with Crippen LogP contribution in [0, 0.1) is 13.8 Å². The molecule has 0 radical (unpaired) electrons. The zero-order valence-electron chi connectivity index (χ0n) is 22.6. The molecule has 4 aromatic rings. The van der Waals surface area contributed by atoms with E-state index in [1.807, 2.05) is 43.0 Å². The summed E-state index contributed by atoms with van der Waals surface area (Å²) >= 11 is 1.86. The number of ether oxygens (including phenoxy) is 1. The molecule has 0 saturated carbocycles. The van der Waals surface area contributed by atoms with Crippen molar-refractivity contribution >= 4 is 28.7 Å². The minimum atomic E-state index is 0.137. The van der Waals surface area contributed by atoms with E-state index in [9.17, 15) is 4.79 Å². The summed E-state index contributed by atoms with van der Waals surface area (Å²) < 4.78 is 7.98. The second-order valence-corrected chi connectivity index (χ2v) is 11.5. The summed E-state index contributed by atoms with van der Waals surface area (Å²) in [7, 11) is 0. The van der Waals surface area contributed by atoms with Crippen molar-refractivity contribution in [3.63, 3.8) is 0 Å². The molecule has 0 bridgehead atoms. The van der Waals surface area contributed by atoms with Crippen LogP contribution in [-0.4, -0.2) is 51.4 Å². The first-order valence-electron chi connectivity index (χ1n) is 13.6. The molecule has 5 nitrogen and oxygen atoms in total. The average molecular weight is 528 g/mol. The Hall–Kier alpha value is -3.09. The van der Waals surface area contributed by atoms with E-state index in [0.717, 1.165) is 65.2 Å². The van der Waals surface area contributed by atoms with Gasteiger partial charge in [0.25, 0.3) is 5.91 Å². The van der Waals surface area contributed by atoms with Crippen LogP contribution in [0.3, 0.4) is 0 Å². The topological polar surface area (TPSA) is 47.4 Å². The van der Waals surface area contributed by atoms with Gasteiger partial charge in [0.15, 0.2) is 5.16 Å². The van der Waals surface area contributed by atoms with Gasteiger partial charge in [-0.2, -0.15) is 0 Å². The number of fused-ring (bicyclic) bond motifs is 1. The molecule has 3 aromatic carbocycles. The Kier molecular flexibility index (Phi) is 8.50. The van der Waals surface area contributed by atoms with Gasteiger partial charge in [-0.15, -0.1) is 0 Å². The first-order valence-corrected chi connectivity index (χ1v) is 14.5. The molecule has 198 valence electrons. The third-order valence-corrected chi connectivity index (χ3v) is 8.55. The standard InChI is InChI=1S/C32H37N3O2S/c1-4-37-17-16-35-30-13-9-8-12-29(30)33-32(35)38-28-14-15-34(27(22-28)21-25-10-6-5-7-11-25)31(36)26-19-23(2)18-24(3)20-26/h5-13,18-20,27-28H,4,14-17,21-22H2,1-3H3/t27-,28-/m1/s1. The summed E-state index contributed by atoms with van der Waals surface area (Å²) in [5, 5.41) is 1.43. The molecule has 0 N–H and O–H groups in total. The molecule has 0 aliphatic carbocycles. The van der Waals surface area contributed by atoms with Crippen LogP contribution in [0.1, 0.15) is 46.8 Å². The monoisotopic (exact) mass is 527 g/mol. The van der Waals surface area contributed by atoms with Crippen LogP contribution < -0.4 is 0 Å². The van der Waals surface area contributed by atoms with Crippen molar-refractivity contribution < 1.29 is 9.53 Å². The van der Waals surface area contributed by atoms with E-state index in [-0.39, 0.29) is 11.9 Å². The molecule has 5 rings (SSSR count). The van der Waals surface area contributed by atoms with Crippen LogP contribution in [0.2, 0.25) is 0 Å². The number of rotatable bonds is 9. The minimum Gasteiger partial charge on any atom is -0.380 e. The number of carbonyl (C=O) groups excluding carboxylic acids is 1. The number of aromatic nitrogens is 2. The quantitative estimate of drug-likeness (QED) is 0.227. The molecule has 1 fully saturated rings. The van der Waals surface area contributed by atoms with Crippen LogP contribution in [0.5, 0.6) is 0 Å². The molecule has 1 aromatic heterocycles. The van der Waals surface area contributed by atoms with E-state index in [1.165, 1.54) is 5.56 Å². The maximum atomic E-state index is 13.8. The lowest BCUT2D eigenvalue weighted by Crippen LogP contribution is -2.48. The van der Waals surface area contributed by atoms with Crippen LogP contribution in [0.15, 0.2) is 78.0 Å². The number of imidazole rings is 1. The Morgan fingerprint density at radius 1 is 1.03 bits per heavy atom. The van der Waals surface area contributed by atoms with Crippen molar-refractivity contribution in [2.75, 3.05) is 19.8 Å². The Balaban J connectivity index is 1.39. The van der Waals surface area contributed by atoms with Crippen molar-refractivity contribution in [3.8, 4) is 0 Å². The number of nitrogens with zero attached hydrogens (tertiary/aromatic N) is 3. The van der Waals surface area contributed by atoms with E-state index in [1.54, 1.807) is 0 Å². The van der Waals surface area contributed by atoms with Crippen molar-refractivity contribution in [3.05, 3.63) is 95.1 Å². The maximum Gasteiger partial charge on any atom is 0.254 e. The molecular formula is C32H37N3O2S. The Bertz CT molecular complexity index is 1360. The molecule has 1 aliphatic rings. The second kappa shape index (κ2) is 12.2. The normalized spacial score (nSPS) is 17.7. The number of hydrogen-bond acceptors (Lipinski definition) is 4. The number of piperidine rings is 1. The third kappa shape index (κ3) is 6.13. The van der Waals surface area contributed by atoms with Crippen molar-refractivity contribution in [1.29, 1.82) is 0 Å². The highest BCUT2D eigenvalue weighted by Crippen LogP contribution is 2.36. The van der Waals surface area contributed by atoms with Gasteiger partial charge in [-0.1, -0.05) is 71.4 Å². The fourth-order valence-corrected chi connectivity index (χ4v) is 6.85. The van der Waals surface area contributed by atoms with E-state index in [4.69, 9.17) is 9.72 Å². The second-order valence-electron chi connectivity index (χ2n) is 10.2. The van der Waals surface area contributed by atoms with Gasteiger partial charge < -0.3 is 14.2 Å². The fourth-order valence-electron chi connectivity index (χ4n) is 5.54. The van der Waals surface area contributed by atoms with Gasteiger partial charge in [-0.25, -0.2) is 4.98 Å². The number of benzene rings is 3. The maximum absolute atomic E-state index is 13.8. The highest BCUT2D eigenvalue weighted by molar-refractivity contribution is 7.99. The van der Waals surface area contributed by atoms with Crippen molar-refractivity contribution in [2.45, 2.75) is 63.0 Å². The zero-order chi connectivity index (χ0) is 26.5. The molecule has 38 heavy (non-hydrogen) atoms. The lowest BCUT2D eigenvalue weighted by molar-refractivity contribution is 0.0619. The number of hydrogen-bond donors (Lipinski definition) is 0. The van der Waals surface area contributed by atoms with Crippen LogP contribution in [0.25, 0.3) is 11.0 Å². The number of amides is 1. The van der Waals surface area contributed by atoms with Crippen molar-refractivity contribution in [1.82, 2.24) is 14.5 Å². The predicted octanol–water partition coefficient (Wildman–Crippen LogP) is 6.70. The molecular weight excluding hydrogens is 490 g/mol. The van der Waals surface area contributed by atoms with Crippen molar-refractivity contribution in [2.24, 2.45) is 0 Å². The highest BCUT2D eigenvalue weighted by Gasteiger charge is 2.33. The average Bonchev–Trinajstić information content (AvgIpc) is 3.25. The van der Waals surface area contributed by atoms with Gasteiger partial charge in [0, 0.05) is 36.6 Å². The number of likely N-dealkylation sites (tertiary alicyclic amines) is 1. The first kappa shape index (κ1) is 26.5. The molecule has 0 unspecified atom stereocenters. The summed E-state index contributed by atoms with van der Waals surface area (Å²) in [6, 6.07) is 25.2. The predicted molar refractivity (Wildman–Crippen MR) is 156 cm³/mol. The molecule has 6 heteroatoms. The summed E-state index contributed by atoms with van der Waals surface area (Å²) in [4.78, 5) is 20.9. The van der Waals surface area contributed by atoms with E-state index < -0.39 is 0 Å². The fraction of sp³-hybridized carbons (Fsp3) is 0.375. The van der Waals surface area contributed by atoms with Gasteiger partial charge in [0.1, 0.15) is 0 Å². The minimum absolute atomic E-state index is 0.137. The van der Waals surface area contributed by atoms with Crippen LogP contribution >= 0.6 is 11.8 Å². The van der Waals surface area contributed by atoms with Gasteiger partial charge in [-0.05, 0) is 69.9 Å². The first-order chi connectivity index (χ1) is 18.5. The summed E-state index contributed by atoms with van der Waals surface area (Å²) in [5.74, 6) is 0.144. The molecule has 1 aliphatic heterocycles. The van der Waals surface area contributed by atoms with Gasteiger partial charge in [0.05, 0.1) is 17.6 Å².